The second-order valence-electron chi connectivity index (χ2n) is 6.56. The van der Waals surface area contributed by atoms with E-state index in [1.54, 1.807) is 0 Å². The summed E-state index contributed by atoms with van der Waals surface area (Å²) in [5.41, 5.74) is 3.87. The van der Waals surface area contributed by atoms with Crippen LogP contribution in [0, 0.1) is 25.2 Å². The second kappa shape index (κ2) is 5.69. The summed E-state index contributed by atoms with van der Waals surface area (Å²) in [7, 11) is 0. The monoisotopic (exact) mass is 246 g/mol. The summed E-state index contributed by atoms with van der Waals surface area (Å²) in [5, 5.41) is 0. The van der Waals surface area contributed by atoms with E-state index in [9.17, 15) is 4.79 Å². The van der Waals surface area contributed by atoms with Crippen molar-refractivity contribution in [3.05, 3.63) is 34.9 Å². The molecule has 18 heavy (non-hydrogen) atoms. The van der Waals surface area contributed by atoms with Crippen molar-refractivity contribution in [2.45, 2.75) is 54.4 Å². The van der Waals surface area contributed by atoms with Gasteiger partial charge in [-0.3, -0.25) is 4.79 Å². The van der Waals surface area contributed by atoms with E-state index in [1.807, 2.05) is 0 Å². The maximum absolute atomic E-state index is 12.2. The van der Waals surface area contributed by atoms with Crippen molar-refractivity contribution in [1.82, 2.24) is 0 Å². The number of carbonyl (C=O) groups excluding carboxylic acids is 1. The first kappa shape index (κ1) is 14.9. The molecule has 1 heteroatoms. The van der Waals surface area contributed by atoms with Crippen LogP contribution in [0.2, 0.25) is 0 Å². The van der Waals surface area contributed by atoms with Gasteiger partial charge in [0.05, 0.1) is 0 Å². The zero-order valence-corrected chi connectivity index (χ0v) is 12.6. The zero-order valence-electron chi connectivity index (χ0n) is 12.6. The van der Waals surface area contributed by atoms with Crippen molar-refractivity contribution < 1.29 is 4.79 Å². The van der Waals surface area contributed by atoms with Crippen LogP contribution in [-0.2, 0) is 11.2 Å². The molecule has 0 heterocycles. The van der Waals surface area contributed by atoms with Gasteiger partial charge in [0.15, 0.2) is 0 Å². The molecule has 0 saturated carbocycles. The van der Waals surface area contributed by atoms with Crippen molar-refractivity contribution in [3.63, 3.8) is 0 Å². The maximum atomic E-state index is 12.2. The third-order valence-electron chi connectivity index (χ3n) is 4.03. The molecule has 1 aromatic carbocycles. The highest BCUT2D eigenvalue weighted by Crippen LogP contribution is 2.28. The Bertz CT molecular complexity index is 403. The molecule has 0 spiro atoms. The Balaban J connectivity index is 2.72. The van der Waals surface area contributed by atoms with Crippen molar-refractivity contribution in [1.29, 1.82) is 0 Å². The Labute approximate surface area is 112 Å². The van der Waals surface area contributed by atoms with Gasteiger partial charge in [-0.2, -0.15) is 0 Å². The molecule has 0 N–H and O–H groups in total. The first-order valence-corrected chi connectivity index (χ1v) is 6.78. The van der Waals surface area contributed by atoms with Gasteiger partial charge in [0.2, 0.25) is 0 Å². The largest absolute Gasteiger partial charge is 0.299 e. The SMILES string of the molecule is Cc1cccc(C)c1CC(=O)CC(C)C(C)(C)C. The minimum Gasteiger partial charge on any atom is -0.299 e. The number of aryl methyl sites for hydroxylation is 2. The molecule has 1 nitrogen and oxygen atoms in total. The van der Waals surface area contributed by atoms with Gasteiger partial charge in [-0.1, -0.05) is 45.9 Å². The minimum absolute atomic E-state index is 0.205. The highest BCUT2D eigenvalue weighted by Gasteiger charge is 2.22. The van der Waals surface area contributed by atoms with Crippen LogP contribution < -0.4 is 0 Å². The average Bonchev–Trinajstić information content (AvgIpc) is 2.22. The van der Waals surface area contributed by atoms with Gasteiger partial charge in [-0.05, 0) is 41.9 Å². The van der Waals surface area contributed by atoms with Gasteiger partial charge < -0.3 is 0 Å². The Morgan fingerprint density at radius 3 is 2.11 bits per heavy atom. The molecular formula is C17H26O. The third-order valence-corrected chi connectivity index (χ3v) is 4.03. The number of hydrogen-bond donors (Lipinski definition) is 0. The Morgan fingerprint density at radius 2 is 1.67 bits per heavy atom. The van der Waals surface area contributed by atoms with Gasteiger partial charge in [-0.25, -0.2) is 0 Å². The highest BCUT2D eigenvalue weighted by atomic mass is 16.1. The number of hydrogen-bond acceptors (Lipinski definition) is 1. The summed E-state index contributed by atoms with van der Waals surface area (Å²) in [4.78, 5) is 12.2. The van der Waals surface area contributed by atoms with Crippen LogP contribution in [0.3, 0.4) is 0 Å². The number of benzene rings is 1. The van der Waals surface area contributed by atoms with Crippen molar-refractivity contribution >= 4 is 5.78 Å². The zero-order chi connectivity index (χ0) is 13.9. The van der Waals surface area contributed by atoms with Crippen LogP contribution in [-0.4, -0.2) is 5.78 Å². The second-order valence-corrected chi connectivity index (χ2v) is 6.56. The fourth-order valence-electron chi connectivity index (χ4n) is 2.04. The fraction of sp³-hybridized carbons (Fsp3) is 0.588. The van der Waals surface area contributed by atoms with Crippen molar-refractivity contribution in [3.8, 4) is 0 Å². The average molecular weight is 246 g/mol. The van der Waals surface area contributed by atoms with Gasteiger partial charge in [-0.15, -0.1) is 0 Å². The summed E-state index contributed by atoms with van der Waals surface area (Å²) in [5.74, 6) is 0.782. The first-order chi connectivity index (χ1) is 8.21. The Morgan fingerprint density at radius 1 is 1.17 bits per heavy atom. The predicted molar refractivity (Wildman–Crippen MR) is 77.9 cm³/mol. The predicted octanol–water partition coefficient (Wildman–Crippen LogP) is 4.49. The molecule has 0 saturated heterocycles. The van der Waals surface area contributed by atoms with Crippen LogP contribution in [0.1, 0.15) is 50.8 Å². The van der Waals surface area contributed by atoms with E-state index in [4.69, 9.17) is 0 Å². The molecule has 0 aliphatic heterocycles. The molecule has 0 amide bonds. The van der Waals surface area contributed by atoms with Crippen LogP contribution in [0.25, 0.3) is 0 Å². The van der Waals surface area contributed by atoms with Crippen LogP contribution in [0.5, 0.6) is 0 Å². The lowest BCUT2D eigenvalue weighted by molar-refractivity contribution is -0.120. The summed E-state index contributed by atoms with van der Waals surface area (Å²) < 4.78 is 0. The minimum atomic E-state index is 0.205. The lowest BCUT2D eigenvalue weighted by Gasteiger charge is -2.26. The molecule has 0 aliphatic carbocycles. The van der Waals surface area contributed by atoms with Gasteiger partial charge in [0.25, 0.3) is 0 Å². The molecule has 1 aromatic rings. The van der Waals surface area contributed by atoms with E-state index in [0.717, 1.165) is 0 Å². The maximum Gasteiger partial charge on any atom is 0.137 e. The number of ketones is 1. The van der Waals surface area contributed by atoms with Gasteiger partial charge in [0.1, 0.15) is 5.78 Å². The molecule has 0 aliphatic rings. The molecular weight excluding hydrogens is 220 g/mol. The van der Waals surface area contributed by atoms with E-state index in [1.165, 1.54) is 16.7 Å². The summed E-state index contributed by atoms with van der Waals surface area (Å²) in [6.45, 7) is 12.9. The van der Waals surface area contributed by atoms with Crippen LogP contribution in [0.15, 0.2) is 18.2 Å². The van der Waals surface area contributed by atoms with Gasteiger partial charge in [0, 0.05) is 12.8 Å². The Hall–Kier alpha value is -1.11. The van der Waals surface area contributed by atoms with Crippen LogP contribution in [0.4, 0.5) is 0 Å². The fourth-order valence-corrected chi connectivity index (χ4v) is 2.04. The quantitative estimate of drug-likeness (QED) is 0.765. The molecule has 1 unspecified atom stereocenters. The molecule has 1 rings (SSSR count). The van der Waals surface area contributed by atoms with Crippen molar-refractivity contribution in [2.24, 2.45) is 11.3 Å². The van der Waals surface area contributed by atoms with E-state index >= 15 is 0 Å². The smallest absolute Gasteiger partial charge is 0.137 e. The normalized spacial score (nSPS) is 13.4. The Kier molecular flexibility index (Phi) is 4.72. The summed E-state index contributed by atoms with van der Waals surface area (Å²) >= 11 is 0. The summed E-state index contributed by atoms with van der Waals surface area (Å²) in [6, 6.07) is 6.22. The highest BCUT2D eigenvalue weighted by molar-refractivity contribution is 5.81. The molecule has 0 bridgehead atoms. The molecule has 0 aromatic heterocycles. The van der Waals surface area contributed by atoms with E-state index in [0.29, 0.717) is 24.5 Å². The van der Waals surface area contributed by atoms with Crippen molar-refractivity contribution in [2.75, 3.05) is 0 Å². The summed E-state index contributed by atoms with van der Waals surface area (Å²) in [6.07, 6.45) is 1.26. The van der Waals surface area contributed by atoms with E-state index in [2.05, 4.69) is 59.7 Å². The molecule has 1 atom stereocenters. The standard InChI is InChI=1S/C17H26O/c1-12-8-7-9-13(2)16(12)11-15(18)10-14(3)17(4,5)6/h7-9,14H,10-11H2,1-6H3. The molecule has 0 fully saturated rings. The number of Topliss-reactive ketones (excluding diaryl/α,β-unsaturated/α-hetero) is 1. The van der Waals surface area contributed by atoms with Crippen LogP contribution >= 0.6 is 0 Å². The van der Waals surface area contributed by atoms with Gasteiger partial charge >= 0.3 is 0 Å². The van der Waals surface area contributed by atoms with E-state index < -0.39 is 0 Å². The third kappa shape index (κ3) is 3.97. The number of carbonyl (C=O) groups is 1. The lowest BCUT2D eigenvalue weighted by Crippen LogP contribution is -2.21. The molecule has 0 radical (unpaired) electrons. The molecule has 100 valence electrons. The number of rotatable bonds is 4. The first-order valence-electron chi connectivity index (χ1n) is 6.78. The lowest BCUT2D eigenvalue weighted by atomic mass is 9.78. The van der Waals surface area contributed by atoms with E-state index in [-0.39, 0.29) is 5.41 Å². The topological polar surface area (TPSA) is 17.1 Å².